The number of thiocarbonyl (C=S) groups is 1. The molecule has 3 nitrogen and oxygen atoms in total. The van der Waals surface area contributed by atoms with E-state index in [2.05, 4.69) is 17.1 Å². The van der Waals surface area contributed by atoms with Crippen LogP contribution in [0.5, 0.6) is 0 Å². The van der Waals surface area contributed by atoms with Crippen LogP contribution in [0.4, 0.5) is 0 Å². The van der Waals surface area contributed by atoms with Crippen LogP contribution in [0.15, 0.2) is 0 Å². The topological polar surface area (TPSA) is 24.5 Å². The third-order valence-corrected chi connectivity index (χ3v) is 2.56. The summed E-state index contributed by atoms with van der Waals surface area (Å²) in [6.45, 7) is 4.98. The van der Waals surface area contributed by atoms with Crippen LogP contribution in [0.1, 0.15) is 19.8 Å². The maximum absolute atomic E-state index is 5.26. The van der Waals surface area contributed by atoms with Gasteiger partial charge in [0.25, 0.3) is 0 Å². The highest BCUT2D eigenvalue weighted by molar-refractivity contribution is 7.80. The fourth-order valence-corrected chi connectivity index (χ4v) is 1.90. The number of ether oxygens (including phenoxy) is 1. The highest BCUT2D eigenvalue weighted by atomic mass is 32.1. The van der Waals surface area contributed by atoms with E-state index in [0.29, 0.717) is 12.6 Å². The number of likely N-dealkylation sites (tertiary alicyclic amines) is 1. The largest absolute Gasteiger partial charge is 0.383 e. The van der Waals surface area contributed by atoms with Gasteiger partial charge < -0.3 is 15.0 Å². The van der Waals surface area contributed by atoms with Gasteiger partial charge in [-0.15, -0.1) is 0 Å². The molecule has 1 saturated heterocycles. The Morgan fingerprint density at radius 1 is 1.54 bits per heavy atom. The van der Waals surface area contributed by atoms with Crippen molar-refractivity contribution in [2.75, 3.05) is 26.8 Å². The lowest BCUT2D eigenvalue weighted by Gasteiger charge is -2.22. The predicted molar refractivity (Wildman–Crippen MR) is 57.9 cm³/mol. The summed E-state index contributed by atoms with van der Waals surface area (Å²) in [7, 11) is 1.71. The second-order valence-corrected chi connectivity index (χ2v) is 3.89. The van der Waals surface area contributed by atoms with Crippen LogP contribution in [0.2, 0.25) is 0 Å². The first-order valence-electron chi connectivity index (χ1n) is 4.78. The van der Waals surface area contributed by atoms with E-state index in [0.717, 1.165) is 18.2 Å². The third-order valence-electron chi connectivity index (χ3n) is 2.18. The maximum atomic E-state index is 5.26. The minimum absolute atomic E-state index is 0.304. The van der Waals surface area contributed by atoms with Crippen molar-refractivity contribution in [1.29, 1.82) is 0 Å². The summed E-state index contributed by atoms with van der Waals surface area (Å²) in [5.74, 6) is 0. The van der Waals surface area contributed by atoms with E-state index in [1.165, 1.54) is 12.8 Å². The Morgan fingerprint density at radius 3 is 2.69 bits per heavy atom. The average molecular weight is 202 g/mol. The second kappa shape index (κ2) is 5.40. The Balaban J connectivity index is 2.23. The summed E-state index contributed by atoms with van der Waals surface area (Å²) < 4.78 is 5.03. The molecule has 1 N–H and O–H groups in total. The smallest absolute Gasteiger partial charge is 0.169 e. The van der Waals surface area contributed by atoms with Gasteiger partial charge in [0.15, 0.2) is 5.11 Å². The molecule has 0 aliphatic carbocycles. The van der Waals surface area contributed by atoms with Crippen molar-refractivity contribution in [2.24, 2.45) is 0 Å². The van der Waals surface area contributed by atoms with Crippen molar-refractivity contribution in [1.82, 2.24) is 10.2 Å². The molecule has 1 unspecified atom stereocenters. The van der Waals surface area contributed by atoms with Crippen LogP contribution in [0.25, 0.3) is 0 Å². The Hall–Kier alpha value is -0.350. The molecule has 4 heteroatoms. The molecule has 0 bridgehead atoms. The van der Waals surface area contributed by atoms with Gasteiger partial charge in [-0.05, 0) is 32.0 Å². The second-order valence-electron chi connectivity index (χ2n) is 3.50. The Bertz CT molecular complexity index is 169. The normalized spacial score (nSPS) is 18.8. The zero-order chi connectivity index (χ0) is 9.68. The van der Waals surface area contributed by atoms with Gasteiger partial charge in [0, 0.05) is 26.2 Å². The summed E-state index contributed by atoms with van der Waals surface area (Å²) in [5, 5.41) is 4.13. The molecular formula is C9H18N2OS. The van der Waals surface area contributed by atoms with Crippen molar-refractivity contribution in [3.63, 3.8) is 0 Å². The molecule has 1 fully saturated rings. The Morgan fingerprint density at radius 2 is 2.15 bits per heavy atom. The van der Waals surface area contributed by atoms with Gasteiger partial charge in [-0.25, -0.2) is 0 Å². The van der Waals surface area contributed by atoms with Gasteiger partial charge in [0.1, 0.15) is 0 Å². The quantitative estimate of drug-likeness (QED) is 0.690. The summed E-state index contributed by atoms with van der Waals surface area (Å²) in [6.07, 6.45) is 2.53. The first-order chi connectivity index (χ1) is 6.24. The SMILES string of the molecule is COCC(C)NC(=S)N1CCCC1. The molecule has 1 rings (SSSR count). The zero-order valence-corrected chi connectivity index (χ0v) is 9.19. The van der Waals surface area contributed by atoms with E-state index in [9.17, 15) is 0 Å². The molecule has 1 heterocycles. The zero-order valence-electron chi connectivity index (χ0n) is 8.38. The minimum Gasteiger partial charge on any atom is -0.383 e. The summed E-state index contributed by atoms with van der Waals surface area (Å²) in [5.41, 5.74) is 0. The van der Waals surface area contributed by atoms with Crippen LogP contribution < -0.4 is 5.32 Å². The van der Waals surface area contributed by atoms with E-state index >= 15 is 0 Å². The lowest BCUT2D eigenvalue weighted by molar-refractivity contribution is 0.178. The van der Waals surface area contributed by atoms with E-state index in [1.54, 1.807) is 7.11 Å². The molecular weight excluding hydrogens is 184 g/mol. The number of rotatable bonds is 3. The van der Waals surface area contributed by atoms with E-state index < -0.39 is 0 Å². The Labute approximate surface area is 85.4 Å². The lowest BCUT2D eigenvalue weighted by Crippen LogP contribution is -2.43. The van der Waals surface area contributed by atoms with Gasteiger partial charge in [-0.2, -0.15) is 0 Å². The third kappa shape index (κ3) is 3.48. The molecule has 0 radical (unpaired) electrons. The molecule has 1 aliphatic rings. The molecule has 1 atom stereocenters. The lowest BCUT2D eigenvalue weighted by atomic mass is 10.4. The number of nitrogens with one attached hydrogen (secondary N) is 1. The number of hydrogen-bond acceptors (Lipinski definition) is 2. The summed E-state index contributed by atoms with van der Waals surface area (Å²) in [6, 6.07) is 0.304. The molecule has 0 aromatic carbocycles. The van der Waals surface area contributed by atoms with Gasteiger partial charge >= 0.3 is 0 Å². The predicted octanol–water partition coefficient (Wildman–Crippen LogP) is 0.992. The fourth-order valence-electron chi connectivity index (χ4n) is 1.51. The molecule has 0 amide bonds. The molecule has 0 spiro atoms. The monoisotopic (exact) mass is 202 g/mol. The van der Waals surface area contributed by atoms with Crippen LogP contribution in [-0.4, -0.2) is 42.9 Å². The summed E-state index contributed by atoms with van der Waals surface area (Å²) >= 11 is 5.26. The van der Waals surface area contributed by atoms with Crippen molar-refractivity contribution >= 4 is 17.3 Å². The molecule has 0 aromatic heterocycles. The van der Waals surface area contributed by atoms with Crippen LogP contribution in [-0.2, 0) is 4.74 Å². The van der Waals surface area contributed by atoms with Crippen molar-refractivity contribution < 1.29 is 4.74 Å². The fraction of sp³-hybridized carbons (Fsp3) is 0.889. The first kappa shape index (κ1) is 10.7. The van der Waals surface area contributed by atoms with Gasteiger partial charge in [-0.3, -0.25) is 0 Å². The standard InChI is InChI=1S/C9H18N2OS/c1-8(7-12-2)10-9(13)11-5-3-4-6-11/h8H,3-7H2,1-2H3,(H,10,13). The van der Waals surface area contributed by atoms with Gasteiger partial charge in [0.2, 0.25) is 0 Å². The Kier molecular flexibility index (Phi) is 4.45. The van der Waals surface area contributed by atoms with Crippen LogP contribution >= 0.6 is 12.2 Å². The number of nitrogens with zero attached hydrogens (tertiary/aromatic N) is 1. The first-order valence-corrected chi connectivity index (χ1v) is 5.19. The van der Waals surface area contributed by atoms with Crippen LogP contribution in [0.3, 0.4) is 0 Å². The van der Waals surface area contributed by atoms with E-state index in [-0.39, 0.29) is 0 Å². The minimum atomic E-state index is 0.304. The van der Waals surface area contributed by atoms with Gasteiger partial charge in [-0.1, -0.05) is 0 Å². The molecule has 0 saturated carbocycles. The number of hydrogen-bond donors (Lipinski definition) is 1. The van der Waals surface area contributed by atoms with E-state index in [4.69, 9.17) is 17.0 Å². The van der Waals surface area contributed by atoms with E-state index in [1.807, 2.05) is 0 Å². The van der Waals surface area contributed by atoms with Crippen molar-refractivity contribution in [2.45, 2.75) is 25.8 Å². The van der Waals surface area contributed by atoms with Crippen molar-refractivity contribution in [3.8, 4) is 0 Å². The highest BCUT2D eigenvalue weighted by Gasteiger charge is 2.15. The van der Waals surface area contributed by atoms with Crippen molar-refractivity contribution in [3.05, 3.63) is 0 Å². The van der Waals surface area contributed by atoms with Crippen LogP contribution in [0, 0.1) is 0 Å². The maximum Gasteiger partial charge on any atom is 0.169 e. The molecule has 13 heavy (non-hydrogen) atoms. The van der Waals surface area contributed by atoms with Gasteiger partial charge in [0.05, 0.1) is 6.61 Å². The summed E-state index contributed by atoms with van der Waals surface area (Å²) in [4.78, 5) is 2.22. The molecule has 76 valence electrons. The average Bonchev–Trinajstić information content (AvgIpc) is 2.55. The molecule has 1 aliphatic heterocycles. The molecule has 0 aromatic rings. The highest BCUT2D eigenvalue weighted by Crippen LogP contribution is 2.07. The number of methoxy groups -OCH3 is 1.